The topological polar surface area (TPSA) is 141 Å². The van der Waals surface area contributed by atoms with Gasteiger partial charge in [-0.3, -0.25) is 8.42 Å². The highest BCUT2D eigenvalue weighted by atomic mass is 32.2. The Morgan fingerprint density at radius 1 is 0.596 bits per heavy atom. The summed E-state index contributed by atoms with van der Waals surface area (Å²) in [6.45, 7) is 20.9. The minimum absolute atomic E-state index is 0.0419. The quantitative estimate of drug-likeness (QED) is 0.213. The van der Waals surface area contributed by atoms with Crippen molar-refractivity contribution in [1.29, 1.82) is 10.5 Å². The monoisotopic (exact) mass is 800 g/mol. The maximum Gasteiger partial charge on any atom is 0.134 e. The molecule has 8 nitrogen and oxygen atoms in total. The second kappa shape index (κ2) is 17.3. The van der Waals surface area contributed by atoms with Crippen molar-refractivity contribution in [3.63, 3.8) is 0 Å². The molecule has 2 aromatic rings. The van der Waals surface area contributed by atoms with E-state index in [0.717, 1.165) is 0 Å². The molecule has 0 saturated heterocycles. The molecule has 0 aliphatic rings. The van der Waals surface area contributed by atoms with Gasteiger partial charge in [0.2, 0.25) is 0 Å². The number of benzene rings is 2. The van der Waals surface area contributed by atoms with Gasteiger partial charge in [0.15, 0.2) is 0 Å². The lowest BCUT2D eigenvalue weighted by molar-refractivity contribution is 0.517. The number of rotatable bonds is 12. The zero-order valence-electron chi connectivity index (χ0n) is 33.3. The number of halogens is 2. The van der Waals surface area contributed by atoms with Crippen LogP contribution >= 0.6 is 0 Å². The summed E-state index contributed by atoms with van der Waals surface area (Å²) >= 11 is 0. The van der Waals surface area contributed by atoms with Crippen molar-refractivity contribution < 1.29 is 25.6 Å². The SMILES string of the molecule is CN=[S@@](=O)(C[C@](C)(C[S@](=O)C(C)(C)C)c1ccccc1F)C(C)(C)C#N.CN=[S@](=O)(C[C@](C)(C[S@](=O)C(C)(C)C)c1ccccc1F)C(C)(C)C#N. The van der Waals surface area contributed by atoms with Crippen LogP contribution in [0.4, 0.5) is 8.78 Å². The van der Waals surface area contributed by atoms with Gasteiger partial charge < -0.3 is 0 Å². The highest BCUT2D eigenvalue weighted by molar-refractivity contribution is 7.95. The molecule has 0 fully saturated rings. The van der Waals surface area contributed by atoms with Crippen LogP contribution < -0.4 is 0 Å². The molecule has 0 amide bonds. The molecular formula is C38H58F2N4O4S4. The van der Waals surface area contributed by atoms with E-state index in [0.29, 0.717) is 11.1 Å². The number of nitrogens with zero attached hydrogens (tertiary/aromatic N) is 4. The molecular weight excluding hydrogens is 743 g/mol. The lowest BCUT2D eigenvalue weighted by atomic mass is 9.86. The Hall–Kier alpha value is -2.52. The Kier molecular flexibility index (Phi) is 15.8. The molecule has 0 aliphatic heterocycles. The van der Waals surface area contributed by atoms with Gasteiger partial charge in [-0.2, -0.15) is 10.5 Å². The van der Waals surface area contributed by atoms with Gasteiger partial charge in [0.05, 0.1) is 31.6 Å². The average molecular weight is 801 g/mol. The summed E-state index contributed by atoms with van der Waals surface area (Å²) in [5, 5.41) is 18.9. The first-order chi connectivity index (χ1) is 23.4. The molecule has 292 valence electrons. The van der Waals surface area contributed by atoms with Gasteiger partial charge in [0.25, 0.3) is 0 Å². The molecule has 0 spiro atoms. The van der Waals surface area contributed by atoms with Crippen LogP contribution in [0, 0.1) is 34.3 Å². The Morgan fingerprint density at radius 3 is 1.08 bits per heavy atom. The highest BCUT2D eigenvalue weighted by Crippen LogP contribution is 2.36. The average Bonchev–Trinajstić information content (AvgIpc) is 3.03. The highest BCUT2D eigenvalue weighted by Gasteiger charge is 2.44. The molecule has 14 heteroatoms. The summed E-state index contributed by atoms with van der Waals surface area (Å²) in [6.07, 6.45) is 0. The minimum Gasteiger partial charge on any atom is -0.259 e. The maximum absolute atomic E-state index is 14.6. The summed E-state index contributed by atoms with van der Waals surface area (Å²) in [6, 6.07) is 16.7. The molecule has 0 heterocycles. The molecule has 0 aliphatic carbocycles. The zero-order valence-corrected chi connectivity index (χ0v) is 36.5. The van der Waals surface area contributed by atoms with Crippen LogP contribution in [0.5, 0.6) is 0 Å². The Bertz CT molecular complexity index is 1830. The van der Waals surface area contributed by atoms with Gasteiger partial charge in [-0.05, 0) is 92.5 Å². The van der Waals surface area contributed by atoms with Crippen LogP contribution in [0.15, 0.2) is 57.3 Å². The smallest absolute Gasteiger partial charge is 0.134 e. The van der Waals surface area contributed by atoms with Crippen molar-refractivity contribution in [3.8, 4) is 12.1 Å². The number of hydrogen-bond donors (Lipinski definition) is 0. The van der Waals surface area contributed by atoms with Gasteiger partial charge in [0, 0.05) is 79.0 Å². The lowest BCUT2D eigenvalue weighted by Crippen LogP contribution is -2.45. The predicted molar refractivity (Wildman–Crippen MR) is 215 cm³/mol. The van der Waals surface area contributed by atoms with Crippen molar-refractivity contribution in [2.24, 2.45) is 8.73 Å². The van der Waals surface area contributed by atoms with Gasteiger partial charge >= 0.3 is 0 Å². The largest absolute Gasteiger partial charge is 0.259 e. The fourth-order valence-electron chi connectivity index (χ4n) is 5.26. The fourth-order valence-corrected chi connectivity index (χ4v) is 12.5. The Morgan fingerprint density at radius 2 is 0.865 bits per heavy atom. The normalized spacial score (nSPS) is 18.3. The molecule has 0 bridgehead atoms. The molecule has 6 atom stereocenters. The fraction of sp³-hybridized carbons (Fsp3) is 0.632. The van der Waals surface area contributed by atoms with Crippen molar-refractivity contribution in [3.05, 3.63) is 71.3 Å². The standard InChI is InChI=1S/2C19H29FN2O2S2/c2*1-17(2,3)25(23)13-19(6,15-10-8-9-11-16(15)20)14-26(24,22-7)18(4,5)12-21/h2*8-11H,13-14H2,1-7H3/t19-,25-,26+;19-,25-,26-/m00/s1. The minimum atomic E-state index is -3.01. The van der Waals surface area contributed by atoms with E-state index >= 15 is 0 Å². The van der Waals surface area contributed by atoms with Gasteiger partial charge in [-0.15, -0.1) is 0 Å². The predicted octanol–water partition coefficient (Wildman–Crippen LogP) is 8.06. The van der Waals surface area contributed by atoms with E-state index in [1.54, 1.807) is 77.9 Å². The van der Waals surface area contributed by atoms with Crippen LogP contribution in [-0.4, -0.2) is 72.9 Å². The van der Waals surface area contributed by atoms with Crippen LogP contribution in [0.3, 0.4) is 0 Å². The summed E-state index contributed by atoms with van der Waals surface area (Å²) < 4.78 is 86.7. The van der Waals surface area contributed by atoms with Crippen molar-refractivity contribution in [1.82, 2.24) is 0 Å². The Balaban J connectivity index is 0.000000520. The third kappa shape index (κ3) is 11.3. The summed E-state index contributed by atoms with van der Waals surface area (Å²) in [7, 11) is -5.77. The van der Waals surface area contributed by atoms with Crippen molar-refractivity contribution in [2.75, 3.05) is 37.1 Å². The van der Waals surface area contributed by atoms with Crippen molar-refractivity contribution in [2.45, 2.75) is 113 Å². The number of nitriles is 2. The van der Waals surface area contributed by atoms with E-state index < -0.39 is 82.5 Å². The second-order valence-electron chi connectivity index (χ2n) is 16.5. The Labute approximate surface area is 317 Å². The van der Waals surface area contributed by atoms with Crippen LogP contribution in [0.1, 0.15) is 94.2 Å². The molecule has 0 radical (unpaired) electrons. The van der Waals surface area contributed by atoms with E-state index in [2.05, 4.69) is 20.9 Å². The van der Waals surface area contributed by atoms with E-state index in [4.69, 9.17) is 0 Å². The summed E-state index contributed by atoms with van der Waals surface area (Å²) in [5.74, 6) is -0.696. The van der Waals surface area contributed by atoms with Gasteiger partial charge in [-0.25, -0.2) is 25.9 Å². The van der Waals surface area contributed by atoms with Crippen LogP contribution in [0.2, 0.25) is 0 Å². The van der Waals surface area contributed by atoms with E-state index in [-0.39, 0.29) is 23.0 Å². The lowest BCUT2D eigenvalue weighted by Gasteiger charge is -2.36. The van der Waals surface area contributed by atoms with E-state index in [1.165, 1.54) is 26.2 Å². The molecule has 0 N–H and O–H groups in total. The third-order valence-corrected chi connectivity index (χ3v) is 20.2. The molecule has 0 saturated carbocycles. The molecule has 2 rings (SSSR count). The van der Waals surface area contributed by atoms with E-state index in [9.17, 15) is 36.1 Å². The molecule has 2 aromatic carbocycles. The van der Waals surface area contributed by atoms with E-state index in [1.807, 2.05) is 41.5 Å². The van der Waals surface area contributed by atoms with Gasteiger partial charge in [0.1, 0.15) is 21.1 Å². The zero-order chi connectivity index (χ0) is 40.8. The first-order valence-electron chi connectivity index (χ1n) is 16.8. The van der Waals surface area contributed by atoms with Crippen LogP contribution in [-0.2, 0) is 51.9 Å². The molecule has 0 aromatic heterocycles. The second-order valence-corrected chi connectivity index (χ2v) is 26.8. The van der Waals surface area contributed by atoms with Crippen LogP contribution in [0.25, 0.3) is 0 Å². The maximum atomic E-state index is 14.6. The summed E-state index contributed by atoms with van der Waals surface area (Å²) in [4.78, 5) is 0. The first-order valence-corrected chi connectivity index (χ1v) is 22.8. The number of hydrogen-bond acceptors (Lipinski definition) is 8. The first kappa shape index (κ1) is 47.5. The van der Waals surface area contributed by atoms with Gasteiger partial charge in [-0.1, -0.05) is 50.2 Å². The molecule has 0 unspecified atom stereocenters. The van der Waals surface area contributed by atoms with Crippen molar-refractivity contribution >= 4 is 41.1 Å². The third-order valence-electron chi connectivity index (χ3n) is 9.07. The molecule has 52 heavy (non-hydrogen) atoms. The summed E-state index contributed by atoms with van der Waals surface area (Å²) in [5.41, 5.74) is -1.28.